The Morgan fingerprint density at radius 1 is 1.56 bits per heavy atom. The van der Waals surface area contributed by atoms with Crippen molar-refractivity contribution in [3.8, 4) is 0 Å². The van der Waals surface area contributed by atoms with E-state index in [1.165, 1.54) is 7.11 Å². The first-order valence-electron chi connectivity index (χ1n) is 4.57. The molecule has 0 aromatic heterocycles. The van der Waals surface area contributed by atoms with Gasteiger partial charge in [-0.25, -0.2) is 0 Å². The van der Waals surface area contributed by atoms with E-state index in [4.69, 9.17) is 11.6 Å². The molecule has 1 aromatic carbocycles. The standard InChI is InChI=1S/C11H11ClO4/c1-15-11(14)10(6-16-7-13)8-3-2-4-9(12)5-8/h2-5,7,10H,6H2,1H3. The third-order valence-corrected chi connectivity index (χ3v) is 2.30. The number of esters is 1. The number of carbonyl (C=O) groups is 2. The van der Waals surface area contributed by atoms with E-state index in [9.17, 15) is 9.59 Å². The maximum Gasteiger partial charge on any atom is 0.316 e. The summed E-state index contributed by atoms with van der Waals surface area (Å²) >= 11 is 5.81. The summed E-state index contributed by atoms with van der Waals surface area (Å²) in [6, 6.07) is 6.77. The SMILES string of the molecule is COC(=O)C(COC=O)c1cccc(Cl)c1. The van der Waals surface area contributed by atoms with Crippen LogP contribution in [0.4, 0.5) is 0 Å². The number of halogens is 1. The van der Waals surface area contributed by atoms with E-state index in [1.54, 1.807) is 24.3 Å². The van der Waals surface area contributed by atoms with Crippen molar-refractivity contribution in [1.82, 2.24) is 0 Å². The molecule has 5 heteroatoms. The second-order valence-corrected chi connectivity index (χ2v) is 3.50. The predicted molar refractivity (Wildman–Crippen MR) is 58.2 cm³/mol. The summed E-state index contributed by atoms with van der Waals surface area (Å²) in [4.78, 5) is 21.6. The molecule has 0 radical (unpaired) electrons. The minimum Gasteiger partial charge on any atom is -0.468 e. The molecule has 0 fully saturated rings. The molecule has 0 saturated heterocycles. The maximum absolute atomic E-state index is 11.5. The zero-order chi connectivity index (χ0) is 12.0. The third-order valence-electron chi connectivity index (χ3n) is 2.07. The second-order valence-electron chi connectivity index (χ2n) is 3.06. The molecule has 1 unspecified atom stereocenters. The Hall–Kier alpha value is -1.55. The average Bonchev–Trinajstić information content (AvgIpc) is 2.29. The Kier molecular flexibility index (Phi) is 4.79. The normalized spacial score (nSPS) is 11.6. The molecule has 0 N–H and O–H groups in total. The van der Waals surface area contributed by atoms with Gasteiger partial charge >= 0.3 is 5.97 Å². The van der Waals surface area contributed by atoms with Crippen LogP contribution < -0.4 is 0 Å². The second kappa shape index (κ2) is 6.12. The van der Waals surface area contributed by atoms with Crippen molar-refractivity contribution < 1.29 is 19.1 Å². The largest absolute Gasteiger partial charge is 0.468 e. The van der Waals surface area contributed by atoms with Gasteiger partial charge in [0.15, 0.2) is 0 Å². The fraction of sp³-hybridized carbons (Fsp3) is 0.273. The van der Waals surface area contributed by atoms with Crippen LogP contribution >= 0.6 is 11.6 Å². The molecule has 4 nitrogen and oxygen atoms in total. The van der Waals surface area contributed by atoms with Crippen molar-refractivity contribution >= 4 is 24.0 Å². The van der Waals surface area contributed by atoms with E-state index in [1.807, 2.05) is 0 Å². The molecule has 0 bridgehead atoms. The van der Waals surface area contributed by atoms with E-state index >= 15 is 0 Å². The minimum absolute atomic E-state index is 0.0590. The van der Waals surface area contributed by atoms with Crippen LogP contribution in [-0.2, 0) is 19.1 Å². The number of benzene rings is 1. The van der Waals surface area contributed by atoms with Crippen LogP contribution in [0, 0.1) is 0 Å². The van der Waals surface area contributed by atoms with Crippen molar-refractivity contribution in [3.05, 3.63) is 34.9 Å². The quantitative estimate of drug-likeness (QED) is 0.583. The molecule has 86 valence electrons. The summed E-state index contributed by atoms with van der Waals surface area (Å²) in [5.74, 6) is -1.11. The summed E-state index contributed by atoms with van der Waals surface area (Å²) in [7, 11) is 1.28. The number of ether oxygens (including phenoxy) is 2. The van der Waals surface area contributed by atoms with Gasteiger partial charge in [-0.3, -0.25) is 9.59 Å². The molecule has 0 aliphatic carbocycles. The number of carbonyl (C=O) groups excluding carboxylic acids is 2. The number of hydrogen-bond donors (Lipinski definition) is 0. The van der Waals surface area contributed by atoms with Gasteiger partial charge in [-0.05, 0) is 17.7 Å². The van der Waals surface area contributed by atoms with E-state index in [2.05, 4.69) is 9.47 Å². The zero-order valence-electron chi connectivity index (χ0n) is 8.68. The molecule has 1 atom stereocenters. The van der Waals surface area contributed by atoms with Crippen LogP contribution in [0.25, 0.3) is 0 Å². The van der Waals surface area contributed by atoms with Crippen molar-refractivity contribution in [2.45, 2.75) is 5.92 Å². The van der Waals surface area contributed by atoms with Crippen molar-refractivity contribution in [1.29, 1.82) is 0 Å². The van der Waals surface area contributed by atoms with Gasteiger partial charge in [-0.1, -0.05) is 23.7 Å². The minimum atomic E-state index is -0.645. The highest BCUT2D eigenvalue weighted by molar-refractivity contribution is 6.30. The molecule has 1 aromatic rings. The van der Waals surface area contributed by atoms with Crippen LogP contribution in [0.1, 0.15) is 11.5 Å². The number of methoxy groups -OCH3 is 1. The van der Waals surface area contributed by atoms with Gasteiger partial charge in [-0.15, -0.1) is 0 Å². The molecule has 0 aliphatic heterocycles. The average molecular weight is 243 g/mol. The van der Waals surface area contributed by atoms with Gasteiger partial charge in [0.05, 0.1) is 7.11 Å². The van der Waals surface area contributed by atoms with Crippen molar-refractivity contribution in [3.63, 3.8) is 0 Å². The Morgan fingerprint density at radius 3 is 2.88 bits per heavy atom. The van der Waals surface area contributed by atoms with Crippen LogP contribution in [-0.4, -0.2) is 26.2 Å². The van der Waals surface area contributed by atoms with Crippen molar-refractivity contribution in [2.24, 2.45) is 0 Å². The van der Waals surface area contributed by atoms with Crippen LogP contribution in [0.15, 0.2) is 24.3 Å². The molecule has 0 saturated carbocycles. The number of hydrogen-bond acceptors (Lipinski definition) is 4. The highest BCUT2D eigenvalue weighted by Gasteiger charge is 2.22. The summed E-state index contributed by atoms with van der Waals surface area (Å²) in [6.45, 7) is 0.233. The lowest BCUT2D eigenvalue weighted by atomic mass is 10.0. The molecule has 16 heavy (non-hydrogen) atoms. The molecule has 0 heterocycles. The van der Waals surface area contributed by atoms with Crippen molar-refractivity contribution in [2.75, 3.05) is 13.7 Å². The number of rotatable bonds is 5. The Morgan fingerprint density at radius 2 is 2.31 bits per heavy atom. The maximum atomic E-state index is 11.5. The van der Waals surface area contributed by atoms with Gasteiger partial charge in [0.2, 0.25) is 0 Å². The zero-order valence-corrected chi connectivity index (χ0v) is 9.44. The van der Waals surface area contributed by atoms with E-state index in [-0.39, 0.29) is 6.61 Å². The molecular weight excluding hydrogens is 232 g/mol. The fourth-order valence-corrected chi connectivity index (χ4v) is 1.50. The van der Waals surface area contributed by atoms with Gasteiger partial charge < -0.3 is 9.47 Å². The highest BCUT2D eigenvalue weighted by atomic mass is 35.5. The van der Waals surface area contributed by atoms with E-state index < -0.39 is 11.9 Å². The Balaban J connectivity index is 2.91. The summed E-state index contributed by atoms with van der Waals surface area (Å²) < 4.78 is 9.21. The van der Waals surface area contributed by atoms with Gasteiger partial charge in [-0.2, -0.15) is 0 Å². The summed E-state index contributed by atoms with van der Waals surface area (Å²) in [6.07, 6.45) is 0. The first-order valence-corrected chi connectivity index (χ1v) is 4.95. The predicted octanol–water partition coefficient (Wildman–Crippen LogP) is 1.77. The summed E-state index contributed by atoms with van der Waals surface area (Å²) in [5.41, 5.74) is 0.654. The van der Waals surface area contributed by atoms with E-state index in [0.717, 1.165) is 0 Å². The first kappa shape index (κ1) is 12.5. The smallest absolute Gasteiger partial charge is 0.316 e. The lowest BCUT2D eigenvalue weighted by Gasteiger charge is -2.13. The van der Waals surface area contributed by atoms with Crippen LogP contribution in [0.5, 0.6) is 0 Å². The lowest BCUT2D eigenvalue weighted by molar-refractivity contribution is -0.145. The van der Waals surface area contributed by atoms with Crippen LogP contribution in [0.2, 0.25) is 5.02 Å². The molecule has 0 amide bonds. The fourth-order valence-electron chi connectivity index (χ4n) is 1.30. The topological polar surface area (TPSA) is 52.6 Å². The molecular formula is C11H11ClO4. The molecule has 1 rings (SSSR count). The van der Waals surface area contributed by atoms with Gasteiger partial charge in [0.25, 0.3) is 6.47 Å². The monoisotopic (exact) mass is 242 g/mol. The highest BCUT2D eigenvalue weighted by Crippen LogP contribution is 2.21. The van der Waals surface area contributed by atoms with Gasteiger partial charge in [0.1, 0.15) is 12.5 Å². The first-order chi connectivity index (χ1) is 7.69. The summed E-state index contributed by atoms with van der Waals surface area (Å²) in [5, 5.41) is 0.512. The van der Waals surface area contributed by atoms with E-state index in [0.29, 0.717) is 17.1 Å². The Labute approximate surface area is 98.1 Å². The molecule has 0 spiro atoms. The Bertz CT molecular complexity index is 378. The third kappa shape index (κ3) is 3.24. The molecule has 0 aliphatic rings. The van der Waals surface area contributed by atoms with Crippen LogP contribution in [0.3, 0.4) is 0 Å². The van der Waals surface area contributed by atoms with Gasteiger partial charge in [0, 0.05) is 5.02 Å². The lowest BCUT2D eigenvalue weighted by Crippen LogP contribution is -2.19.